The summed E-state index contributed by atoms with van der Waals surface area (Å²) in [5, 5.41) is 36.6. The second kappa shape index (κ2) is 7.31. The van der Waals surface area contributed by atoms with E-state index in [1.807, 2.05) is 0 Å². The first kappa shape index (κ1) is 18.4. The zero-order valence-electron chi connectivity index (χ0n) is 13.0. The van der Waals surface area contributed by atoms with E-state index in [1.165, 1.54) is 42.5 Å². The molecule has 0 saturated carbocycles. The van der Waals surface area contributed by atoms with Crippen molar-refractivity contribution in [1.29, 1.82) is 0 Å². The Balaban J connectivity index is 2.60. The highest BCUT2D eigenvalue weighted by molar-refractivity contribution is 6.02. The van der Waals surface area contributed by atoms with Crippen LogP contribution in [0.4, 0.5) is 0 Å². The van der Waals surface area contributed by atoms with E-state index in [0.29, 0.717) is 0 Å². The van der Waals surface area contributed by atoms with Gasteiger partial charge in [-0.1, -0.05) is 18.2 Å². The van der Waals surface area contributed by atoms with E-state index >= 15 is 0 Å². The van der Waals surface area contributed by atoms with Crippen LogP contribution in [0, 0.1) is 0 Å². The average molecular weight is 356 g/mol. The molecular weight excluding hydrogens is 344 g/mol. The molecule has 8 heteroatoms. The summed E-state index contributed by atoms with van der Waals surface area (Å²) in [6.07, 6.45) is 2.45. The van der Waals surface area contributed by atoms with E-state index in [-0.39, 0.29) is 33.4 Å². The van der Waals surface area contributed by atoms with E-state index in [4.69, 9.17) is 10.2 Å². The van der Waals surface area contributed by atoms with Crippen molar-refractivity contribution in [2.45, 2.75) is 0 Å². The Kier molecular flexibility index (Phi) is 5.17. The Morgan fingerprint density at radius 1 is 0.654 bits per heavy atom. The van der Waals surface area contributed by atoms with Crippen LogP contribution < -0.4 is 0 Å². The van der Waals surface area contributed by atoms with Gasteiger partial charge in [-0.15, -0.1) is 0 Å². The highest BCUT2D eigenvalue weighted by Gasteiger charge is 2.16. The maximum absolute atomic E-state index is 11.3. The fourth-order valence-electron chi connectivity index (χ4n) is 2.29. The van der Waals surface area contributed by atoms with E-state index in [2.05, 4.69) is 0 Å². The number of aromatic carboxylic acids is 4. The van der Waals surface area contributed by atoms with Crippen molar-refractivity contribution in [1.82, 2.24) is 0 Å². The quantitative estimate of drug-likeness (QED) is 0.577. The molecule has 0 spiro atoms. The molecule has 0 radical (unpaired) electrons. The molecule has 0 saturated heterocycles. The van der Waals surface area contributed by atoms with Gasteiger partial charge in [0.25, 0.3) is 0 Å². The van der Waals surface area contributed by atoms with E-state index in [1.54, 1.807) is 0 Å². The van der Waals surface area contributed by atoms with Crippen LogP contribution in [-0.4, -0.2) is 44.3 Å². The SMILES string of the molecule is O=C(O)c1cc(/C=C\c2c(C(=O)O)cccc2C(=O)O)cc(C(=O)O)c1. The number of hydrogen-bond acceptors (Lipinski definition) is 4. The third-order valence-electron chi connectivity index (χ3n) is 3.46. The molecule has 26 heavy (non-hydrogen) atoms. The maximum Gasteiger partial charge on any atom is 0.336 e. The van der Waals surface area contributed by atoms with Crippen molar-refractivity contribution in [3.8, 4) is 0 Å². The van der Waals surface area contributed by atoms with E-state index in [9.17, 15) is 29.4 Å². The molecule has 0 fully saturated rings. The first-order valence-corrected chi connectivity index (χ1v) is 7.10. The Morgan fingerprint density at radius 2 is 1.12 bits per heavy atom. The Labute approximate surface area is 146 Å². The van der Waals surface area contributed by atoms with Crippen molar-refractivity contribution in [2.24, 2.45) is 0 Å². The number of carboxylic acid groups (broad SMARTS) is 4. The summed E-state index contributed by atoms with van der Waals surface area (Å²) >= 11 is 0. The summed E-state index contributed by atoms with van der Waals surface area (Å²) in [4.78, 5) is 44.9. The third-order valence-corrected chi connectivity index (χ3v) is 3.46. The molecular formula is C18H12O8. The molecule has 0 aromatic heterocycles. The average Bonchev–Trinajstić information content (AvgIpc) is 2.58. The molecule has 0 heterocycles. The summed E-state index contributed by atoms with van der Waals surface area (Å²) in [7, 11) is 0. The minimum atomic E-state index is -1.33. The van der Waals surface area contributed by atoms with Crippen LogP contribution in [0.2, 0.25) is 0 Å². The Hall–Kier alpha value is -3.94. The molecule has 132 valence electrons. The minimum Gasteiger partial charge on any atom is -0.478 e. The molecule has 0 aliphatic carbocycles. The van der Waals surface area contributed by atoms with Gasteiger partial charge >= 0.3 is 23.9 Å². The highest BCUT2D eigenvalue weighted by atomic mass is 16.4. The molecule has 0 atom stereocenters. The molecule has 0 amide bonds. The first-order chi connectivity index (χ1) is 12.2. The zero-order chi connectivity index (χ0) is 19.4. The normalized spacial score (nSPS) is 10.6. The van der Waals surface area contributed by atoms with Crippen LogP contribution in [0.15, 0.2) is 36.4 Å². The zero-order valence-corrected chi connectivity index (χ0v) is 13.0. The van der Waals surface area contributed by atoms with Crippen LogP contribution in [0.3, 0.4) is 0 Å². The first-order valence-electron chi connectivity index (χ1n) is 7.10. The van der Waals surface area contributed by atoms with Crippen molar-refractivity contribution in [3.05, 3.63) is 69.8 Å². The van der Waals surface area contributed by atoms with Gasteiger partial charge in [-0.3, -0.25) is 0 Å². The summed E-state index contributed by atoms with van der Waals surface area (Å²) in [6.45, 7) is 0. The van der Waals surface area contributed by atoms with Gasteiger partial charge in [0.05, 0.1) is 22.3 Å². The number of benzene rings is 2. The molecule has 4 N–H and O–H groups in total. The second-order valence-electron chi connectivity index (χ2n) is 5.16. The number of carboxylic acids is 4. The van der Waals surface area contributed by atoms with Crippen molar-refractivity contribution in [2.75, 3.05) is 0 Å². The summed E-state index contributed by atoms with van der Waals surface area (Å²) in [6, 6.07) is 7.10. The molecule has 2 aromatic carbocycles. The lowest BCUT2D eigenvalue weighted by molar-refractivity contribution is 0.0676. The number of carbonyl (C=O) groups is 4. The van der Waals surface area contributed by atoms with Gasteiger partial charge < -0.3 is 20.4 Å². The lowest BCUT2D eigenvalue weighted by Gasteiger charge is -2.06. The van der Waals surface area contributed by atoms with Crippen LogP contribution in [0.25, 0.3) is 12.2 Å². The Morgan fingerprint density at radius 3 is 1.50 bits per heavy atom. The van der Waals surface area contributed by atoms with E-state index in [0.717, 1.165) is 6.07 Å². The van der Waals surface area contributed by atoms with Gasteiger partial charge in [-0.05, 0) is 35.9 Å². The van der Waals surface area contributed by atoms with Crippen LogP contribution in [0.5, 0.6) is 0 Å². The molecule has 0 aliphatic rings. The Bertz CT molecular complexity index is 891. The van der Waals surface area contributed by atoms with Gasteiger partial charge in [0.15, 0.2) is 0 Å². The largest absolute Gasteiger partial charge is 0.478 e. The second-order valence-corrected chi connectivity index (χ2v) is 5.16. The highest BCUT2D eigenvalue weighted by Crippen LogP contribution is 2.20. The molecule has 0 aliphatic heterocycles. The predicted molar refractivity (Wildman–Crippen MR) is 89.6 cm³/mol. The van der Waals surface area contributed by atoms with Crippen molar-refractivity contribution >= 4 is 36.0 Å². The van der Waals surface area contributed by atoms with Gasteiger partial charge in [0.1, 0.15) is 0 Å². The summed E-state index contributed by atoms with van der Waals surface area (Å²) in [5.41, 5.74) is -0.976. The molecule has 8 nitrogen and oxygen atoms in total. The van der Waals surface area contributed by atoms with Crippen LogP contribution >= 0.6 is 0 Å². The monoisotopic (exact) mass is 356 g/mol. The van der Waals surface area contributed by atoms with Crippen molar-refractivity contribution in [3.63, 3.8) is 0 Å². The molecule has 0 unspecified atom stereocenters. The molecule has 2 aromatic rings. The lowest BCUT2D eigenvalue weighted by atomic mass is 9.98. The van der Waals surface area contributed by atoms with Crippen LogP contribution in [0.1, 0.15) is 52.6 Å². The molecule has 2 rings (SSSR count). The predicted octanol–water partition coefficient (Wildman–Crippen LogP) is 2.65. The van der Waals surface area contributed by atoms with Gasteiger partial charge in [-0.25, -0.2) is 19.2 Å². The van der Waals surface area contributed by atoms with Gasteiger partial charge in [0.2, 0.25) is 0 Å². The minimum absolute atomic E-state index is 0.0925. The van der Waals surface area contributed by atoms with Gasteiger partial charge in [-0.2, -0.15) is 0 Å². The van der Waals surface area contributed by atoms with Crippen LogP contribution in [-0.2, 0) is 0 Å². The number of rotatable bonds is 6. The summed E-state index contributed by atoms with van der Waals surface area (Å²) in [5.74, 6) is -5.34. The fourth-order valence-corrected chi connectivity index (χ4v) is 2.29. The topological polar surface area (TPSA) is 149 Å². The fraction of sp³-hybridized carbons (Fsp3) is 0. The lowest BCUT2D eigenvalue weighted by Crippen LogP contribution is -2.07. The molecule has 0 bridgehead atoms. The standard InChI is InChI=1S/C18H12O8/c19-15(20)10-6-9(7-11(8-10)16(21)22)4-5-12-13(17(23)24)2-1-3-14(12)18(25)26/h1-8H,(H,19,20)(H,21,22)(H,23,24)(H,25,26)/b5-4-. The maximum atomic E-state index is 11.3. The van der Waals surface area contributed by atoms with Crippen molar-refractivity contribution < 1.29 is 39.6 Å². The van der Waals surface area contributed by atoms with E-state index < -0.39 is 23.9 Å². The summed E-state index contributed by atoms with van der Waals surface area (Å²) < 4.78 is 0. The smallest absolute Gasteiger partial charge is 0.336 e. The third kappa shape index (κ3) is 3.93. The van der Waals surface area contributed by atoms with Gasteiger partial charge in [0, 0.05) is 5.56 Å². The number of hydrogen-bond donors (Lipinski definition) is 4.